The van der Waals surface area contributed by atoms with Gasteiger partial charge < -0.3 is 14.8 Å². The smallest absolute Gasteiger partial charge is 0.312 e. The summed E-state index contributed by atoms with van der Waals surface area (Å²) in [5.41, 5.74) is 0.715. The van der Waals surface area contributed by atoms with Crippen molar-refractivity contribution in [3.8, 4) is 0 Å². The van der Waals surface area contributed by atoms with Gasteiger partial charge >= 0.3 is 11.8 Å². The number of amides is 2. The molecule has 2 heterocycles. The molecule has 2 aliphatic rings. The summed E-state index contributed by atoms with van der Waals surface area (Å²) < 4.78 is 0. The van der Waals surface area contributed by atoms with Crippen LogP contribution in [0.15, 0.2) is 35.3 Å². The van der Waals surface area contributed by atoms with Crippen molar-refractivity contribution in [3.63, 3.8) is 0 Å². The summed E-state index contributed by atoms with van der Waals surface area (Å²) in [4.78, 5) is 42.9. The van der Waals surface area contributed by atoms with Gasteiger partial charge in [-0.25, -0.2) is 0 Å². The molecule has 2 amide bonds. The summed E-state index contributed by atoms with van der Waals surface area (Å²) in [6.45, 7) is 1.50. The average molecular weight is 339 g/mol. The van der Waals surface area contributed by atoms with Crippen molar-refractivity contribution in [3.05, 3.63) is 46.4 Å². The van der Waals surface area contributed by atoms with Crippen LogP contribution in [0, 0.1) is 0 Å². The molecule has 1 saturated heterocycles. The third-order valence-electron chi connectivity index (χ3n) is 5.32. The highest BCUT2D eigenvalue weighted by molar-refractivity contribution is 6.35. The van der Waals surface area contributed by atoms with Crippen LogP contribution in [0.25, 0.3) is 10.8 Å². The standard InChI is InChI=1S/C19H21N3O3/c23-17-16-11-13(5-6-14(16)7-8-20-17)12-21-9-10-22(19(25)18(21)24)15-3-1-2-4-15/h5-8,11,15H,1-4,9-10,12H2,(H,20,23). The van der Waals surface area contributed by atoms with Gasteiger partial charge in [0.1, 0.15) is 0 Å². The minimum atomic E-state index is -0.430. The molecule has 1 aliphatic carbocycles. The molecule has 0 atom stereocenters. The molecule has 4 rings (SSSR count). The van der Waals surface area contributed by atoms with Crippen molar-refractivity contribution >= 4 is 22.6 Å². The lowest BCUT2D eigenvalue weighted by molar-refractivity contribution is -0.158. The lowest BCUT2D eigenvalue weighted by Gasteiger charge is -2.37. The van der Waals surface area contributed by atoms with E-state index in [4.69, 9.17) is 0 Å². The number of nitrogens with zero attached hydrogens (tertiary/aromatic N) is 2. The first-order valence-corrected chi connectivity index (χ1v) is 8.84. The number of aromatic nitrogens is 1. The maximum absolute atomic E-state index is 12.5. The third kappa shape index (κ3) is 2.92. The second-order valence-electron chi connectivity index (χ2n) is 6.89. The number of piperazine rings is 1. The molecule has 1 saturated carbocycles. The first-order valence-electron chi connectivity index (χ1n) is 8.84. The highest BCUT2D eigenvalue weighted by Gasteiger charge is 2.37. The molecule has 25 heavy (non-hydrogen) atoms. The van der Waals surface area contributed by atoms with E-state index in [1.54, 1.807) is 22.1 Å². The van der Waals surface area contributed by atoms with Crippen molar-refractivity contribution in [1.29, 1.82) is 0 Å². The number of hydrogen-bond donors (Lipinski definition) is 1. The first kappa shape index (κ1) is 15.9. The highest BCUT2D eigenvalue weighted by Crippen LogP contribution is 2.25. The Balaban J connectivity index is 1.52. The summed E-state index contributed by atoms with van der Waals surface area (Å²) in [6, 6.07) is 7.66. The lowest BCUT2D eigenvalue weighted by Crippen LogP contribution is -2.56. The van der Waals surface area contributed by atoms with Crippen LogP contribution < -0.4 is 5.56 Å². The van der Waals surface area contributed by atoms with Gasteiger partial charge in [0.15, 0.2) is 0 Å². The van der Waals surface area contributed by atoms with Crippen LogP contribution in [0.5, 0.6) is 0 Å². The zero-order valence-corrected chi connectivity index (χ0v) is 14.0. The fourth-order valence-corrected chi connectivity index (χ4v) is 3.95. The van der Waals surface area contributed by atoms with E-state index in [1.165, 1.54) is 0 Å². The molecule has 2 fully saturated rings. The van der Waals surface area contributed by atoms with E-state index in [0.29, 0.717) is 25.0 Å². The van der Waals surface area contributed by atoms with Crippen LogP contribution in [-0.4, -0.2) is 45.7 Å². The van der Waals surface area contributed by atoms with E-state index >= 15 is 0 Å². The van der Waals surface area contributed by atoms with E-state index in [9.17, 15) is 14.4 Å². The van der Waals surface area contributed by atoms with Gasteiger partial charge in [0.2, 0.25) is 0 Å². The normalized spacial score (nSPS) is 19.2. The zero-order valence-electron chi connectivity index (χ0n) is 14.0. The number of hydrogen-bond acceptors (Lipinski definition) is 3. The molecule has 1 aliphatic heterocycles. The van der Waals surface area contributed by atoms with Crippen molar-refractivity contribution in [2.24, 2.45) is 0 Å². The van der Waals surface area contributed by atoms with E-state index in [-0.39, 0.29) is 17.5 Å². The molecule has 1 aromatic carbocycles. The van der Waals surface area contributed by atoms with Crippen molar-refractivity contribution in [2.45, 2.75) is 38.3 Å². The largest absolute Gasteiger partial charge is 0.330 e. The Hall–Kier alpha value is -2.63. The van der Waals surface area contributed by atoms with Gasteiger partial charge in [-0.3, -0.25) is 14.4 Å². The summed E-state index contributed by atoms with van der Waals surface area (Å²) in [5.74, 6) is -0.808. The Morgan fingerprint density at radius 1 is 1.00 bits per heavy atom. The Labute approximate surface area is 145 Å². The van der Waals surface area contributed by atoms with Crippen molar-refractivity contribution in [1.82, 2.24) is 14.8 Å². The second-order valence-corrected chi connectivity index (χ2v) is 6.89. The van der Waals surface area contributed by atoms with Gasteiger partial charge in [-0.05, 0) is 35.9 Å². The molecule has 0 spiro atoms. The number of nitrogens with one attached hydrogen (secondary N) is 1. The fraction of sp³-hybridized carbons (Fsp3) is 0.421. The highest BCUT2D eigenvalue weighted by atomic mass is 16.2. The van der Waals surface area contributed by atoms with Gasteiger partial charge in [-0.2, -0.15) is 0 Å². The Kier molecular flexibility index (Phi) is 4.03. The number of fused-ring (bicyclic) bond motifs is 1. The lowest BCUT2D eigenvalue weighted by atomic mass is 10.1. The molecule has 6 heteroatoms. The van der Waals surface area contributed by atoms with E-state index in [1.807, 2.05) is 18.2 Å². The van der Waals surface area contributed by atoms with Crippen LogP contribution >= 0.6 is 0 Å². The Morgan fingerprint density at radius 3 is 2.60 bits per heavy atom. The predicted molar refractivity (Wildman–Crippen MR) is 94.0 cm³/mol. The Bertz CT molecular complexity index is 883. The molecular weight excluding hydrogens is 318 g/mol. The molecule has 0 unspecified atom stereocenters. The minimum Gasteiger partial charge on any atom is -0.330 e. The number of rotatable bonds is 3. The van der Waals surface area contributed by atoms with Crippen molar-refractivity contribution in [2.75, 3.05) is 13.1 Å². The van der Waals surface area contributed by atoms with Crippen LogP contribution in [0.2, 0.25) is 0 Å². The van der Waals surface area contributed by atoms with Crippen LogP contribution in [0.1, 0.15) is 31.2 Å². The molecule has 2 aromatic rings. The quantitative estimate of drug-likeness (QED) is 0.864. The maximum Gasteiger partial charge on any atom is 0.312 e. The number of pyridine rings is 1. The van der Waals surface area contributed by atoms with Crippen LogP contribution in [0.3, 0.4) is 0 Å². The molecule has 6 nitrogen and oxygen atoms in total. The van der Waals surface area contributed by atoms with Crippen molar-refractivity contribution < 1.29 is 9.59 Å². The topological polar surface area (TPSA) is 73.5 Å². The van der Waals surface area contributed by atoms with Gasteiger partial charge in [0.05, 0.1) is 0 Å². The zero-order chi connectivity index (χ0) is 17.4. The molecular formula is C19H21N3O3. The molecule has 1 N–H and O–H groups in total. The SMILES string of the molecule is O=C1C(=O)N(C2CCCC2)CCN1Cc1ccc2cc[nH]c(=O)c2c1. The summed E-state index contributed by atoms with van der Waals surface area (Å²) in [6.07, 6.45) is 5.91. The van der Waals surface area contributed by atoms with Gasteiger partial charge in [0.25, 0.3) is 5.56 Å². The number of aromatic amines is 1. The maximum atomic E-state index is 12.5. The number of benzene rings is 1. The first-order chi connectivity index (χ1) is 12.1. The number of carbonyl (C=O) groups excluding carboxylic acids is 2. The second kappa shape index (κ2) is 6.35. The average Bonchev–Trinajstić information content (AvgIpc) is 3.14. The van der Waals surface area contributed by atoms with E-state index < -0.39 is 5.91 Å². The van der Waals surface area contributed by atoms with E-state index in [0.717, 1.165) is 36.6 Å². The Morgan fingerprint density at radius 2 is 1.80 bits per heavy atom. The van der Waals surface area contributed by atoms with Gasteiger partial charge in [-0.15, -0.1) is 0 Å². The molecule has 130 valence electrons. The molecule has 1 aromatic heterocycles. The summed E-state index contributed by atoms with van der Waals surface area (Å²) >= 11 is 0. The fourth-order valence-electron chi connectivity index (χ4n) is 3.95. The number of H-pyrrole nitrogens is 1. The summed E-state index contributed by atoms with van der Waals surface area (Å²) in [5, 5.41) is 1.46. The summed E-state index contributed by atoms with van der Waals surface area (Å²) in [7, 11) is 0. The number of carbonyl (C=O) groups is 2. The third-order valence-corrected chi connectivity index (χ3v) is 5.32. The van der Waals surface area contributed by atoms with Crippen LogP contribution in [0.4, 0.5) is 0 Å². The molecule has 0 radical (unpaired) electrons. The van der Waals surface area contributed by atoms with Crippen LogP contribution in [-0.2, 0) is 16.1 Å². The molecule has 0 bridgehead atoms. The minimum absolute atomic E-state index is 0.146. The monoisotopic (exact) mass is 339 g/mol. The van der Waals surface area contributed by atoms with Gasteiger partial charge in [0, 0.05) is 37.3 Å². The predicted octanol–water partition coefficient (Wildman–Crippen LogP) is 1.64. The van der Waals surface area contributed by atoms with Gasteiger partial charge in [-0.1, -0.05) is 25.0 Å². The van der Waals surface area contributed by atoms with E-state index in [2.05, 4.69) is 4.98 Å².